The molecule has 1 N–H and O–H groups in total. The molecular weight excluding hydrogens is 284 g/mol. The van der Waals surface area contributed by atoms with E-state index in [1.54, 1.807) is 0 Å². The number of nitrogens with zero attached hydrogens (tertiary/aromatic N) is 1. The molecule has 0 saturated carbocycles. The molecule has 16 heavy (non-hydrogen) atoms. The standard InChI is InChI=1S/C12H19BrN2S/c1-9-7-15(10(2)3-5-14-9)8-12-11(13)4-6-16-12/h4,6,9-10,14H,3,5,7-8H2,1-2H3. The van der Waals surface area contributed by atoms with Crippen molar-refractivity contribution in [3.63, 3.8) is 0 Å². The number of thiophene rings is 1. The Bertz CT molecular complexity index is 340. The summed E-state index contributed by atoms with van der Waals surface area (Å²) in [6.07, 6.45) is 1.24. The lowest BCUT2D eigenvalue weighted by molar-refractivity contribution is 0.200. The summed E-state index contributed by atoms with van der Waals surface area (Å²) in [5, 5.41) is 5.71. The van der Waals surface area contributed by atoms with Crippen molar-refractivity contribution in [3.8, 4) is 0 Å². The zero-order chi connectivity index (χ0) is 11.5. The van der Waals surface area contributed by atoms with Crippen LogP contribution in [0.2, 0.25) is 0 Å². The highest BCUT2D eigenvalue weighted by atomic mass is 79.9. The maximum absolute atomic E-state index is 3.62. The molecule has 2 unspecified atom stereocenters. The molecule has 2 heterocycles. The van der Waals surface area contributed by atoms with E-state index in [1.807, 2.05) is 11.3 Å². The van der Waals surface area contributed by atoms with E-state index in [4.69, 9.17) is 0 Å². The molecule has 1 aromatic rings. The third-order valence-electron chi connectivity index (χ3n) is 3.22. The van der Waals surface area contributed by atoms with Gasteiger partial charge in [0.15, 0.2) is 0 Å². The van der Waals surface area contributed by atoms with Gasteiger partial charge >= 0.3 is 0 Å². The van der Waals surface area contributed by atoms with Gasteiger partial charge in [0.2, 0.25) is 0 Å². The van der Waals surface area contributed by atoms with Crippen molar-refractivity contribution in [2.75, 3.05) is 13.1 Å². The van der Waals surface area contributed by atoms with Crippen LogP contribution in [0.4, 0.5) is 0 Å². The van der Waals surface area contributed by atoms with Crippen LogP contribution < -0.4 is 5.32 Å². The first kappa shape index (κ1) is 12.6. The number of hydrogen-bond donors (Lipinski definition) is 1. The average molecular weight is 303 g/mol. The van der Waals surface area contributed by atoms with Crippen molar-refractivity contribution in [2.45, 2.75) is 38.9 Å². The van der Waals surface area contributed by atoms with Gasteiger partial charge in [0.1, 0.15) is 0 Å². The molecule has 4 heteroatoms. The minimum atomic E-state index is 0.601. The summed E-state index contributed by atoms with van der Waals surface area (Å²) in [5.74, 6) is 0. The van der Waals surface area contributed by atoms with E-state index in [-0.39, 0.29) is 0 Å². The second-order valence-corrected chi connectivity index (χ2v) is 6.47. The fourth-order valence-corrected chi connectivity index (χ4v) is 3.66. The summed E-state index contributed by atoms with van der Waals surface area (Å²) in [6, 6.07) is 3.42. The van der Waals surface area contributed by atoms with Gasteiger partial charge in [0.25, 0.3) is 0 Å². The van der Waals surface area contributed by atoms with E-state index in [1.165, 1.54) is 15.8 Å². The van der Waals surface area contributed by atoms with E-state index in [2.05, 4.69) is 51.4 Å². The summed E-state index contributed by atoms with van der Waals surface area (Å²) in [6.45, 7) is 7.97. The van der Waals surface area contributed by atoms with Gasteiger partial charge < -0.3 is 5.32 Å². The first-order valence-electron chi connectivity index (χ1n) is 5.86. The van der Waals surface area contributed by atoms with Crippen molar-refractivity contribution in [1.82, 2.24) is 10.2 Å². The van der Waals surface area contributed by atoms with Crippen LogP contribution in [0, 0.1) is 0 Å². The minimum absolute atomic E-state index is 0.601. The third-order valence-corrected chi connectivity index (χ3v) is 5.14. The van der Waals surface area contributed by atoms with Gasteiger partial charge in [-0.15, -0.1) is 11.3 Å². The molecule has 1 aliphatic rings. The molecule has 1 aromatic heterocycles. The topological polar surface area (TPSA) is 15.3 Å². The van der Waals surface area contributed by atoms with Crippen LogP contribution in [0.3, 0.4) is 0 Å². The molecular formula is C12H19BrN2S. The lowest BCUT2D eigenvalue weighted by Gasteiger charge is -2.27. The first-order chi connectivity index (χ1) is 7.66. The van der Waals surface area contributed by atoms with E-state index in [0.29, 0.717) is 12.1 Å². The lowest BCUT2D eigenvalue weighted by atomic mass is 10.2. The van der Waals surface area contributed by atoms with Crippen LogP contribution in [-0.2, 0) is 6.54 Å². The SMILES string of the molecule is CC1CN(Cc2sccc2Br)C(C)CCN1. The number of hydrogen-bond acceptors (Lipinski definition) is 3. The summed E-state index contributed by atoms with van der Waals surface area (Å²) < 4.78 is 1.26. The van der Waals surface area contributed by atoms with Crippen LogP contribution in [0.25, 0.3) is 0 Å². The molecule has 0 spiro atoms. The zero-order valence-electron chi connectivity index (χ0n) is 9.87. The van der Waals surface area contributed by atoms with Gasteiger partial charge in [-0.25, -0.2) is 0 Å². The normalized spacial score (nSPS) is 27.9. The molecule has 1 aliphatic heterocycles. The highest BCUT2D eigenvalue weighted by molar-refractivity contribution is 9.10. The molecule has 1 fully saturated rings. The number of halogens is 1. The van der Waals surface area contributed by atoms with Crippen molar-refractivity contribution < 1.29 is 0 Å². The highest BCUT2D eigenvalue weighted by Gasteiger charge is 2.21. The number of rotatable bonds is 2. The quantitative estimate of drug-likeness (QED) is 0.903. The Morgan fingerprint density at radius 3 is 3.06 bits per heavy atom. The Hall–Kier alpha value is 0.1000. The van der Waals surface area contributed by atoms with Crippen molar-refractivity contribution in [3.05, 3.63) is 20.8 Å². The molecule has 0 amide bonds. The predicted octanol–water partition coefficient (Wildman–Crippen LogP) is 3.08. The molecule has 0 aliphatic carbocycles. The van der Waals surface area contributed by atoms with Gasteiger partial charge in [-0.1, -0.05) is 0 Å². The van der Waals surface area contributed by atoms with E-state index >= 15 is 0 Å². The maximum Gasteiger partial charge on any atom is 0.0342 e. The summed E-state index contributed by atoms with van der Waals surface area (Å²) in [4.78, 5) is 4.03. The summed E-state index contributed by atoms with van der Waals surface area (Å²) in [5.41, 5.74) is 0. The van der Waals surface area contributed by atoms with Gasteiger partial charge in [0, 0.05) is 34.5 Å². The molecule has 90 valence electrons. The zero-order valence-corrected chi connectivity index (χ0v) is 12.3. The maximum atomic E-state index is 3.62. The lowest BCUT2D eigenvalue weighted by Crippen LogP contribution is -2.37. The Morgan fingerprint density at radius 1 is 1.56 bits per heavy atom. The van der Waals surface area contributed by atoms with Crippen LogP contribution in [-0.4, -0.2) is 30.1 Å². The van der Waals surface area contributed by atoms with Crippen LogP contribution in [0.5, 0.6) is 0 Å². The Morgan fingerprint density at radius 2 is 2.38 bits per heavy atom. The molecule has 0 aromatic carbocycles. The second kappa shape index (κ2) is 5.63. The molecule has 1 saturated heterocycles. The molecule has 2 nitrogen and oxygen atoms in total. The third kappa shape index (κ3) is 3.06. The van der Waals surface area contributed by atoms with Crippen LogP contribution >= 0.6 is 27.3 Å². The first-order valence-corrected chi connectivity index (χ1v) is 7.53. The Kier molecular flexibility index (Phi) is 4.41. The Balaban J connectivity index is 2.04. The second-order valence-electron chi connectivity index (χ2n) is 4.61. The van der Waals surface area contributed by atoms with E-state index in [0.717, 1.165) is 19.6 Å². The molecule has 2 rings (SSSR count). The summed E-state index contributed by atoms with van der Waals surface area (Å²) in [7, 11) is 0. The summed E-state index contributed by atoms with van der Waals surface area (Å²) >= 11 is 5.46. The smallest absolute Gasteiger partial charge is 0.0342 e. The van der Waals surface area contributed by atoms with Crippen molar-refractivity contribution >= 4 is 27.3 Å². The molecule has 0 radical (unpaired) electrons. The largest absolute Gasteiger partial charge is 0.313 e. The van der Waals surface area contributed by atoms with E-state index in [9.17, 15) is 0 Å². The minimum Gasteiger partial charge on any atom is -0.313 e. The van der Waals surface area contributed by atoms with Crippen molar-refractivity contribution in [2.24, 2.45) is 0 Å². The van der Waals surface area contributed by atoms with Crippen molar-refractivity contribution in [1.29, 1.82) is 0 Å². The van der Waals surface area contributed by atoms with Crippen LogP contribution in [0.15, 0.2) is 15.9 Å². The van der Waals surface area contributed by atoms with E-state index < -0.39 is 0 Å². The molecule has 0 bridgehead atoms. The van der Waals surface area contributed by atoms with Gasteiger partial charge in [-0.3, -0.25) is 4.90 Å². The van der Waals surface area contributed by atoms with Gasteiger partial charge in [0.05, 0.1) is 0 Å². The number of nitrogens with one attached hydrogen (secondary N) is 1. The Labute approximate surface area is 110 Å². The van der Waals surface area contributed by atoms with Gasteiger partial charge in [-0.2, -0.15) is 0 Å². The fraction of sp³-hybridized carbons (Fsp3) is 0.667. The fourth-order valence-electron chi connectivity index (χ4n) is 2.16. The monoisotopic (exact) mass is 302 g/mol. The van der Waals surface area contributed by atoms with Gasteiger partial charge in [-0.05, 0) is 54.2 Å². The predicted molar refractivity (Wildman–Crippen MR) is 74.0 cm³/mol. The van der Waals surface area contributed by atoms with Crippen LogP contribution in [0.1, 0.15) is 25.1 Å². The highest BCUT2D eigenvalue weighted by Crippen LogP contribution is 2.25. The molecule has 2 atom stereocenters. The average Bonchev–Trinajstić information content (AvgIpc) is 2.55.